The number of nitrogens with two attached hydrogens (primary N) is 1. The fourth-order valence-electron chi connectivity index (χ4n) is 2.61. The summed E-state index contributed by atoms with van der Waals surface area (Å²) >= 11 is 0. The Morgan fingerprint density at radius 3 is 1.95 bits per heavy atom. The Hall–Kier alpha value is -1.00. The Kier molecular flexibility index (Phi) is 10.9. The third-order valence-corrected chi connectivity index (χ3v) is 3.94. The minimum Gasteiger partial charge on any atom is -0.271 e. The Labute approximate surface area is 129 Å². The summed E-state index contributed by atoms with van der Waals surface area (Å²) in [4.78, 5) is 8.52. The maximum absolute atomic E-state index is 5.60. The van der Waals surface area contributed by atoms with Crippen LogP contribution in [0.1, 0.15) is 89.4 Å². The maximum Gasteiger partial charge on any atom is 0.146 e. The molecule has 0 radical (unpaired) electrons. The number of hydrazine groups is 1. The molecule has 0 aliphatic rings. The smallest absolute Gasteiger partial charge is 0.146 e. The lowest BCUT2D eigenvalue weighted by Gasteiger charge is -2.13. The molecule has 21 heavy (non-hydrogen) atoms. The molecule has 3 N–H and O–H groups in total. The number of nitrogens with zero attached hydrogens (tertiary/aromatic N) is 2. The Balaban J connectivity index is 1.98. The third-order valence-electron chi connectivity index (χ3n) is 3.94. The predicted molar refractivity (Wildman–Crippen MR) is 88.6 cm³/mol. The van der Waals surface area contributed by atoms with E-state index in [2.05, 4.69) is 22.3 Å². The van der Waals surface area contributed by atoms with E-state index in [-0.39, 0.29) is 6.04 Å². The van der Waals surface area contributed by atoms with Gasteiger partial charge in [0.15, 0.2) is 0 Å². The molecule has 0 aliphatic heterocycles. The van der Waals surface area contributed by atoms with Crippen LogP contribution in [0.25, 0.3) is 0 Å². The zero-order chi connectivity index (χ0) is 15.2. The average Bonchev–Trinajstić information content (AvgIpc) is 2.54. The summed E-state index contributed by atoms with van der Waals surface area (Å²) in [5.74, 6) is 6.40. The van der Waals surface area contributed by atoms with Crippen molar-refractivity contribution in [1.82, 2.24) is 15.4 Å². The highest BCUT2D eigenvalue weighted by Gasteiger charge is 2.11. The number of rotatable bonds is 13. The van der Waals surface area contributed by atoms with E-state index in [1.54, 1.807) is 12.4 Å². The Morgan fingerprint density at radius 2 is 1.43 bits per heavy atom. The summed E-state index contributed by atoms with van der Waals surface area (Å²) in [6.07, 6.45) is 18.1. The van der Waals surface area contributed by atoms with E-state index in [9.17, 15) is 0 Å². The van der Waals surface area contributed by atoms with Crippen molar-refractivity contribution in [3.05, 3.63) is 24.3 Å². The fourth-order valence-corrected chi connectivity index (χ4v) is 2.61. The Morgan fingerprint density at radius 1 is 0.905 bits per heavy atom. The van der Waals surface area contributed by atoms with Gasteiger partial charge in [0, 0.05) is 12.4 Å². The van der Waals surface area contributed by atoms with Crippen molar-refractivity contribution in [2.24, 2.45) is 5.84 Å². The standard InChI is InChI=1S/C17H32N4/c1-2-3-4-5-6-7-8-9-10-11-13-16(21-18)17-19-14-12-15-20-17/h12,14-16,21H,2-11,13,18H2,1H3. The van der Waals surface area contributed by atoms with Crippen molar-refractivity contribution in [3.8, 4) is 0 Å². The van der Waals surface area contributed by atoms with E-state index < -0.39 is 0 Å². The number of hydrogen-bond acceptors (Lipinski definition) is 4. The lowest BCUT2D eigenvalue weighted by molar-refractivity contribution is 0.456. The average molecular weight is 292 g/mol. The van der Waals surface area contributed by atoms with Gasteiger partial charge in [0.2, 0.25) is 0 Å². The van der Waals surface area contributed by atoms with Crippen LogP contribution in [0.3, 0.4) is 0 Å². The lowest BCUT2D eigenvalue weighted by atomic mass is 10.0. The highest BCUT2D eigenvalue weighted by atomic mass is 15.2. The van der Waals surface area contributed by atoms with E-state index in [0.717, 1.165) is 12.2 Å². The van der Waals surface area contributed by atoms with Gasteiger partial charge < -0.3 is 0 Å². The van der Waals surface area contributed by atoms with Crippen LogP contribution in [-0.2, 0) is 0 Å². The largest absolute Gasteiger partial charge is 0.271 e. The maximum atomic E-state index is 5.60. The molecule has 1 unspecified atom stereocenters. The Bertz CT molecular complexity index is 329. The molecule has 1 rings (SSSR count). The summed E-state index contributed by atoms with van der Waals surface area (Å²) in [5.41, 5.74) is 2.82. The highest BCUT2D eigenvalue weighted by Crippen LogP contribution is 2.16. The summed E-state index contributed by atoms with van der Waals surface area (Å²) in [6, 6.07) is 1.91. The highest BCUT2D eigenvalue weighted by molar-refractivity contribution is 4.94. The van der Waals surface area contributed by atoms with Gasteiger partial charge in [-0.3, -0.25) is 5.84 Å². The van der Waals surface area contributed by atoms with E-state index in [1.807, 2.05) is 6.07 Å². The van der Waals surface area contributed by atoms with Crippen LogP contribution >= 0.6 is 0 Å². The minimum atomic E-state index is 0.0836. The van der Waals surface area contributed by atoms with E-state index in [1.165, 1.54) is 64.2 Å². The lowest BCUT2D eigenvalue weighted by Crippen LogP contribution is -2.29. The van der Waals surface area contributed by atoms with Gasteiger partial charge in [-0.05, 0) is 12.5 Å². The molecule has 0 fully saturated rings. The second-order valence-corrected chi connectivity index (χ2v) is 5.80. The van der Waals surface area contributed by atoms with Gasteiger partial charge in [0.25, 0.3) is 0 Å². The van der Waals surface area contributed by atoms with Gasteiger partial charge in [-0.15, -0.1) is 0 Å². The normalized spacial score (nSPS) is 12.5. The monoisotopic (exact) mass is 292 g/mol. The van der Waals surface area contributed by atoms with E-state index in [0.29, 0.717) is 0 Å². The summed E-state index contributed by atoms with van der Waals surface area (Å²) in [7, 11) is 0. The van der Waals surface area contributed by atoms with Gasteiger partial charge in [0.1, 0.15) is 5.82 Å². The summed E-state index contributed by atoms with van der Waals surface area (Å²) < 4.78 is 0. The molecule has 0 aromatic carbocycles. The molecule has 1 atom stereocenters. The topological polar surface area (TPSA) is 63.8 Å². The van der Waals surface area contributed by atoms with Crippen LogP contribution in [0, 0.1) is 0 Å². The number of unbranched alkanes of at least 4 members (excludes halogenated alkanes) is 9. The zero-order valence-electron chi connectivity index (χ0n) is 13.6. The van der Waals surface area contributed by atoms with Gasteiger partial charge in [-0.1, -0.05) is 71.1 Å². The molecule has 4 nitrogen and oxygen atoms in total. The molecule has 0 saturated heterocycles. The van der Waals surface area contributed by atoms with E-state index in [4.69, 9.17) is 5.84 Å². The molecule has 1 aromatic rings. The van der Waals surface area contributed by atoms with Crippen LogP contribution < -0.4 is 11.3 Å². The van der Waals surface area contributed by atoms with Gasteiger partial charge in [-0.25, -0.2) is 15.4 Å². The van der Waals surface area contributed by atoms with Crippen LogP contribution in [0.2, 0.25) is 0 Å². The first-order valence-corrected chi connectivity index (χ1v) is 8.61. The quantitative estimate of drug-likeness (QED) is 0.323. The van der Waals surface area contributed by atoms with Crippen molar-refractivity contribution in [2.75, 3.05) is 0 Å². The first kappa shape index (κ1) is 18.1. The molecule has 0 aliphatic carbocycles. The number of hydrogen-bond donors (Lipinski definition) is 2. The van der Waals surface area contributed by atoms with Crippen LogP contribution in [0.5, 0.6) is 0 Å². The summed E-state index contributed by atoms with van der Waals surface area (Å²) in [5, 5.41) is 0. The zero-order valence-corrected chi connectivity index (χ0v) is 13.6. The molecule has 1 aromatic heterocycles. The van der Waals surface area contributed by atoms with Crippen molar-refractivity contribution in [1.29, 1.82) is 0 Å². The first-order chi connectivity index (χ1) is 10.4. The molecule has 0 saturated carbocycles. The van der Waals surface area contributed by atoms with Crippen molar-refractivity contribution < 1.29 is 0 Å². The van der Waals surface area contributed by atoms with Gasteiger partial charge in [0.05, 0.1) is 6.04 Å². The van der Waals surface area contributed by atoms with Crippen molar-refractivity contribution in [2.45, 2.75) is 83.6 Å². The van der Waals surface area contributed by atoms with E-state index >= 15 is 0 Å². The van der Waals surface area contributed by atoms with Crippen LogP contribution in [-0.4, -0.2) is 9.97 Å². The molecular formula is C17H32N4. The molecule has 0 bridgehead atoms. The van der Waals surface area contributed by atoms with Crippen molar-refractivity contribution >= 4 is 0 Å². The molecule has 0 amide bonds. The fraction of sp³-hybridized carbons (Fsp3) is 0.765. The van der Waals surface area contributed by atoms with Crippen LogP contribution in [0.4, 0.5) is 0 Å². The third kappa shape index (κ3) is 8.79. The number of nitrogens with one attached hydrogen (secondary N) is 1. The van der Waals surface area contributed by atoms with Crippen molar-refractivity contribution in [3.63, 3.8) is 0 Å². The minimum absolute atomic E-state index is 0.0836. The molecule has 4 heteroatoms. The predicted octanol–water partition coefficient (Wildman–Crippen LogP) is 4.29. The molecule has 0 spiro atoms. The first-order valence-electron chi connectivity index (χ1n) is 8.61. The summed E-state index contributed by atoms with van der Waals surface area (Å²) in [6.45, 7) is 2.27. The van der Waals surface area contributed by atoms with Gasteiger partial charge >= 0.3 is 0 Å². The SMILES string of the molecule is CCCCCCCCCCCCC(NN)c1ncccn1. The molecular weight excluding hydrogens is 260 g/mol. The van der Waals surface area contributed by atoms with Gasteiger partial charge in [-0.2, -0.15) is 0 Å². The second-order valence-electron chi connectivity index (χ2n) is 5.80. The second kappa shape index (κ2) is 12.7. The van der Waals surface area contributed by atoms with Crippen LogP contribution in [0.15, 0.2) is 18.5 Å². The molecule has 120 valence electrons. The number of aromatic nitrogens is 2. The molecule has 1 heterocycles.